The molecule has 1 atom stereocenters. The molecule has 0 aliphatic rings. The van der Waals surface area contributed by atoms with Gasteiger partial charge in [-0.1, -0.05) is 23.2 Å². The van der Waals surface area contributed by atoms with Gasteiger partial charge in [-0.2, -0.15) is 5.48 Å². The van der Waals surface area contributed by atoms with E-state index in [2.05, 4.69) is 0 Å². The fraction of sp³-hybridized carbons (Fsp3) is 0.250. The number of benzene rings is 1. The number of hydroxylamine groups is 1. The van der Waals surface area contributed by atoms with Gasteiger partial charge in [-0.25, -0.2) is 0 Å². The van der Waals surface area contributed by atoms with Crippen molar-refractivity contribution in [2.45, 2.75) is 6.04 Å². The first kappa shape index (κ1) is 10.8. The highest BCUT2D eigenvalue weighted by Crippen LogP contribution is 2.22. The largest absolute Gasteiger partial charge is 0.394 e. The number of halogens is 2. The number of aliphatic hydroxyl groups is 1. The Morgan fingerprint density at radius 2 is 1.77 bits per heavy atom. The lowest BCUT2D eigenvalue weighted by molar-refractivity contribution is 0.0906. The predicted octanol–water partition coefficient (Wildman–Crippen LogP) is 2.01. The van der Waals surface area contributed by atoms with Gasteiger partial charge in [0.25, 0.3) is 0 Å². The summed E-state index contributed by atoms with van der Waals surface area (Å²) in [5, 5.41) is 18.5. The summed E-state index contributed by atoms with van der Waals surface area (Å²) >= 11 is 11.5. The van der Waals surface area contributed by atoms with Gasteiger partial charge < -0.3 is 10.3 Å². The first-order chi connectivity index (χ1) is 6.17. The highest BCUT2D eigenvalue weighted by Gasteiger charge is 2.09. The Balaban J connectivity index is 2.99. The summed E-state index contributed by atoms with van der Waals surface area (Å²) in [4.78, 5) is 0. The van der Waals surface area contributed by atoms with Crippen LogP contribution in [0.1, 0.15) is 11.6 Å². The summed E-state index contributed by atoms with van der Waals surface area (Å²) in [6.07, 6.45) is 0. The van der Waals surface area contributed by atoms with Gasteiger partial charge in [0.2, 0.25) is 0 Å². The molecule has 0 aliphatic heterocycles. The first-order valence-corrected chi connectivity index (χ1v) is 4.39. The molecule has 72 valence electrons. The summed E-state index contributed by atoms with van der Waals surface area (Å²) in [6.45, 7) is -0.229. The number of hydrogen-bond acceptors (Lipinski definition) is 3. The van der Waals surface area contributed by atoms with E-state index in [0.29, 0.717) is 15.6 Å². The third-order valence-corrected chi connectivity index (χ3v) is 2.06. The molecule has 0 unspecified atom stereocenters. The lowest BCUT2D eigenvalue weighted by atomic mass is 10.1. The van der Waals surface area contributed by atoms with Gasteiger partial charge in [0.05, 0.1) is 12.6 Å². The maximum atomic E-state index is 8.85. The van der Waals surface area contributed by atoms with Gasteiger partial charge >= 0.3 is 0 Å². The van der Waals surface area contributed by atoms with Gasteiger partial charge in [0, 0.05) is 10.0 Å². The third kappa shape index (κ3) is 2.83. The van der Waals surface area contributed by atoms with Crippen molar-refractivity contribution in [3.05, 3.63) is 33.8 Å². The average Bonchev–Trinajstić information content (AvgIpc) is 2.04. The Morgan fingerprint density at radius 1 is 1.23 bits per heavy atom. The second-order valence-electron chi connectivity index (χ2n) is 2.57. The molecule has 0 saturated heterocycles. The van der Waals surface area contributed by atoms with Crippen LogP contribution < -0.4 is 5.48 Å². The van der Waals surface area contributed by atoms with Crippen molar-refractivity contribution in [3.8, 4) is 0 Å². The number of hydrogen-bond donors (Lipinski definition) is 3. The molecule has 0 heterocycles. The Hall–Kier alpha value is -0.320. The molecular weight excluding hydrogens is 213 g/mol. The molecule has 0 aromatic heterocycles. The van der Waals surface area contributed by atoms with Crippen LogP contribution in [0.4, 0.5) is 0 Å². The van der Waals surface area contributed by atoms with Crippen molar-refractivity contribution >= 4 is 23.2 Å². The molecule has 0 aliphatic carbocycles. The van der Waals surface area contributed by atoms with Crippen LogP contribution in [0.15, 0.2) is 18.2 Å². The zero-order valence-corrected chi connectivity index (χ0v) is 8.18. The molecule has 0 saturated carbocycles. The van der Waals surface area contributed by atoms with E-state index in [1.165, 1.54) is 0 Å². The minimum atomic E-state index is -0.559. The Bertz CT molecular complexity index is 269. The number of nitrogens with one attached hydrogen (secondary N) is 1. The molecule has 3 nitrogen and oxygen atoms in total. The fourth-order valence-electron chi connectivity index (χ4n) is 0.997. The second-order valence-corrected chi connectivity index (χ2v) is 3.44. The quantitative estimate of drug-likeness (QED) is 0.685. The summed E-state index contributed by atoms with van der Waals surface area (Å²) in [6, 6.07) is 4.27. The third-order valence-electron chi connectivity index (χ3n) is 1.63. The van der Waals surface area contributed by atoms with Crippen LogP contribution in [0.25, 0.3) is 0 Å². The van der Waals surface area contributed by atoms with E-state index < -0.39 is 6.04 Å². The highest BCUT2D eigenvalue weighted by molar-refractivity contribution is 6.34. The molecule has 0 radical (unpaired) electrons. The molecule has 0 bridgehead atoms. The van der Waals surface area contributed by atoms with E-state index in [4.69, 9.17) is 33.5 Å². The normalized spacial score (nSPS) is 12.9. The molecular formula is C8H9Cl2NO2. The topological polar surface area (TPSA) is 52.5 Å². The monoisotopic (exact) mass is 221 g/mol. The van der Waals surface area contributed by atoms with Gasteiger partial charge in [0.1, 0.15) is 0 Å². The van der Waals surface area contributed by atoms with E-state index in [9.17, 15) is 0 Å². The standard InChI is InChI=1S/C8H9Cl2NO2/c9-6-1-5(2-7(10)3-6)8(4-12)11-13/h1-3,8,11-13H,4H2/t8-/m0/s1. The molecule has 3 N–H and O–H groups in total. The van der Waals surface area contributed by atoms with Crippen LogP contribution in [0.3, 0.4) is 0 Å². The maximum Gasteiger partial charge on any atom is 0.0801 e. The van der Waals surface area contributed by atoms with Gasteiger partial charge in [0.15, 0.2) is 0 Å². The van der Waals surface area contributed by atoms with E-state index in [1.807, 2.05) is 5.48 Å². The summed E-state index contributed by atoms with van der Waals surface area (Å²) in [7, 11) is 0. The van der Waals surface area contributed by atoms with Crippen molar-refractivity contribution in [1.29, 1.82) is 0 Å². The number of rotatable bonds is 3. The molecule has 1 aromatic carbocycles. The van der Waals surface area contributed by atoms with E-state index >= 15 is 0 Å². The van der Waals surface area contributed by atoms with E-state index in [0.717, 1.165) is 0 Å². The SMILES string of the molecule is OC[C@H](NO)c1cc(Cl)cc(Cl)c1. The van der Waals surface area contributed by atoms with Crippen molar-refractivity contribution in [2.75, 3.05) is 6.61 Å². The highest BCUT2D eigenvalue weighted by atomic mass is 35.5. The van der Waals surface area contributed by atoms with Crippen molar-refractivity contribution in [1.82, 2.24) is 5.48 Å². The molecule has 1 rings (SSSR count). The Labute approximate surface area is 85.9 Å². The van der Waals surface area contributed by atoms with Crippen LogP contribution in [0, 0.1) is 0 Å². The van der Waals surface area contributed by atoms with Crippen molar-refractivity contribution in [2.24, 2.45) is 0 Å². The molecule has 13 heavy (non-hydrogen) atoms. The molecule has 1 aromatic rings. The average molecular weight is 222 g/mol. The minimum Gasteiger partial charge on any atom is -0.394 e. The van der Waals surface area contributed by atoms with Crippen LogP contribution in [0.2, 0.25) is 10.0 Å². The van der Waals surface area contributed by atoms with Crippen LogP contribution in [-0.4, -0.2) is 16.9 Å². The van der Waals surface area contributed by atoms with E-state index in [-0.39, 0.29) is 6.61 Å². The molecule has 5 heteroatoms. The first-order valence-electron chi connectivity index (χ1n) is 3.64. The molecule has 0 fully saturated rings. The predicted molar refractivity (Wildman–Crippen MR) is 51.2 cm³/mol. The number of aliphatic hydroxyl groups excluding tert-OH is 1. The molecule has 0 spiro atoms. The van der Waals surface area contributed by atoms with Crippen LogP contribution in [-0.2, 0) is 0 Å². The fourth-order valence-corrected chi connectivity index (χ4v) is 1.54. The Morgan fingerprint density at radius 3 is 2.15 bits per heavy atom. The summed E-state index contributed by atoms with van der Waals surface area (Å²) in [5.41, 5.74) is 2.60. The molecule has 0 amide bonds. The van der Waals surface area contributed by atoms with Crippen molar-refractivity contribution in [3.63, 3.8) is 0 Å². The lowest BCUT2D eigenvalue weighted by Crippen LogP contribution is -2.20. The zero-order valence-electron chi connectivity index (χ0n) is 6.67. The van der Waals surface area contributed by atoms with Crippen molar-refractivity contribution < 1.29 is 10.3 Å². The van der Waals surface area contributed by atoms with E-state index in [1.54, 1.807) is 18.2 Å². The minimum absolute atomic E-state index is 0.229. The van der Waals surface area contributed by atoms with Crippen LogP contribution >= 0.6 is 23.2 Å². The van der Waals surface area contributed by atoms with Gasteiger partial charge in [-0.3, -0.25) is 0 Å². The Kier molecular flexibility index (Phi) is 3.96. The smallest absolute Gasteiger partial charge is 0.0801 e. The van der Waals surface area contributed by atoms with Gasteiger partial charge in [-0.15, -0.1) is 0 Å². The maximum absolute atomic E-state index is 8.85. The summed E-state index contributed by atoms with van der Waals surface area (Å²) in [5.74, 6) is 0. The second kappa shape index (κ2) is 4.79. The van der Waals surface area contributed by atoms with Gasteiger partial charge in [-0.05, 0) is 23.8 Å². The summed E-state index contributed by atoms with van der Waals surface area (Å²) < 4.78 is 0. The zero-order chi connectivity index (χ0) is 9.84. The lowest BCUT2D eigenvalue weighted by Gasteiger charge is -2.12. The van der Waals surface area contributed by atoms with Crippen LogP contribution in [0.5, 0.6) is 0 Å².